The standard InChI is InChI=1S/C16H17ClN6OS/c17-13-11(3-4-20-14(13)19)25-12-8-22-16(23-6-5-21-15(12)23)24-10-2-1-9(18)7-10/h3-6,8-10H,1-2,7,18H2,(H2,19,20)/t9-,10+/m0/s1. The van der Waals surface area contributed by atoms with Gasteiger partial charge in [0.25, 0.3) is 0 Å². The summed E-state index contributed by atoms with van der Waals surface area (Å²) in [4.78, 5) is 14.5. The number of nitrogens with zero attached hydrogens (tertiary/aromatic N) is 4. The summed E-state index contributed by atoms with van der Waals surface area (Å²) in [7, 11) is 0. The molecule has 1 aliphatic rings. The minimum absolute atomic E-state index is 0.0982. The highest BCUT2D eigenvalue weighted by Gasteiger charge is 2.25. The largest absolute Gasteiger partial charge is 0.461 e. The Labute approximate surface area is 153 Å². The van der Waals surface area contributed by atoms with Gasteiger partial charge in [0.1, 0.15) is 11.9 Å². The molecular formula is C16H17ClN6OS. The van der Waals surface area contributed by atoms with Crippen LogP contribution < -0.4 is 16.2 Å². The zero-order chi connectivity index (χ0) is 17.4. The number of pyridine rings is 1. The van der Waals surface area contributed by atoms with E-state index in [-0.39, 0.29) is 12.1 Å². The molecule has 4 N–H and O–H groups in total. The van der Waals surface area contributed by atoms with Gasteiger partial charge in [0.15, 0.2) is 5.65 Å². The summed E-state index contributed by atoms with van der Waals surface area (Å²) in [5.74, 6) is 0.302. The predicted octanol–water partition coefficient (Wildman–Crippen LogP) is 2.77. The molecule has 0 saturated heterocycles. The Balaban J connectivity index is 1.64. The molecule has 9 heteroatoms. The normalized spacial score (nSPS) is 20.2. The Hall–Kier alpha value is -2.03. The molecule has 1 fully saturated rings. The van der Waals surface area contributed by atoms with Crippen LogP contribution in [0.4, 0.5) is 5.82 Å². The minimum atomic E-state index is 0.0982. The quantitative estimate of drug-likeness (QED) is 0.721. The number of nitrogens with two attached hydrogens (primary N) is 2. The summed E-state index contributed by atoms with van der Waals surface area (Å²) in [6, 6.07) is 2.54. The Morgan fingerprint density at radius 2 is 2.08 bits per heavy atom. The third-order valence-electron chi connectivity index (χ3n) is 4.16. The van der Waals surface area contributed by atoms with Crippen LogP contribution in [0.3, 0.4) is 0 Å². The number of nitrogen functional groups attached to an aromatic ring is 1. The van der Waals surface area contributed by atoms with E-state index in [1.165, 1.54) is 11.8 Å². The fraction of sp³-hybridized carbons (Fsp3) is 0.312. The van der Waals surface area contributed by atoms with Crippen LogP contribution in [0.5, 0.6) is 6.01 Å². The number of rotatable bonds is 4. The number of ether oxygens (including phenoxy) is 1. The van der Waals surface area contributed by atoms with Crippen LogP contribution in [0.15, 0.2) is 40.6 Å². The highest BCUT2D eigenvalue weighted by molar-refractivity contribution is 7.99. The monoisotopic (exact) mass is 376 g/mol. The second kappa shape index (κ2) is 6.70. The van der Waals surface area contributed by atoms with E-state index in [9.17, 15) is 0 Å². The number of imidazole rings is 1. The molecular weight excluding hydrogens is 360 g/mol. The topological polar surface area (TPSA) is 104 Å². The Morgan fingerprint density at radius 1 is 1.20 bits per heavy atom. The molecule has 1 saturated carbocycles. The van der Waals surface area contributed by atoms with E-state index >= 15 is 0 Å². The molecule has 0 aromatic carbocycles. The summed E-state index contributed by atoms with van der Waals surface area (Å²) in [5.41, 5.74) is 12.5. The van der Waals surface area contributed by atoms with Crippen molar-refractivity contribution in [1.29, 1.82) is 0 Å². The molecule has 0 bridgehead atoms. The number of anilines is 1. The molecule has 4 rings (SSSR count). The lowest BCUT2D eigenvalue weighted by atomic mass is 10.3. The Bertz CT molecular complexity index is 917. The molecule has 0 radical (unpaired) electrons. The van der Waals surface area contributed by atoms with E-state index in [4.69, 9.17) is 27.8 Å². The fourth-order valence-corrected chi connectivity index (χ4v) is 4.04. The lowest BCUT2D eigenvalue weighted by Gasteiger charge is -2.14. The van der Waals surface area contributed by atoms with Crippen LogP contribution in [0.1, 0.15) is 19.3 Å². The van der Waals surface area contributed by atoms with Crippen molar-refractivity contribution < 1.29 is 4.74 Å². The predicted molar refractivity (Wildman–Crippen MR) is 97.0 cm³/mol. The van der Waals surface area contributed by atoms with Gasteiger partial charge < -0.3 is 16.2 Å². The summed E-state index contributed by atoms with van der Waals surface area (Å²) in [6.45, 7) is 0. The molecule has 0 amide bonds. The van der Waals surface area contributed by atoms with E-state index in [0.29, 0.717) is 16.9 Å². The van der Waals surface area contributed by atoms with E-state index in [1.54, 1.807) is 18.6 Å². The van der Waals surface area contributed by atoms with Crippen molar-refractivity contribution in [3.63, 3.8) is 0 Å². The molecule has 7 nitrogen and oxygen atoms in total. The second-order valence-corrected chi connectivity index (χ2v) is 7.41. The molecule has 3 aromatic heterocycles. The maximum absolute atomic E-state index is 6.23. The van der Waals surface area contributed by atoms with Gasteiger partial charge in [0.05, 0.1) is 16.1 Å². The number of fused-ring (bicyclic) bond motifs is 1. The summed E-state index contributed by atoms with van der Waals surface area (Å²) in [6.07, 6.45) is 9.79. The third kappa shape index (κ3) is 3.24. The highest BCUT2D eigenvalue weighted by Crippen LogP contribution is 2.37. The van der Waals surface area contributed by atoms with Gasteiger partial charge in [-0.05, 0) is 25.3 Å². The van der Waals surface area contributed by atoms with Crippen molar-refractivity contribution in [2.24, 2.45) is 5.73 Å². The molecule has 2 atom stereocenters. The van der Waals surface area contributed by atoms with Crippen LogP contribution >= 0.6 is 23.4 Å². The van der Waals surface area contributed by atoms with Crippen LogP contribution in [0.25, 0.3) is 5.65 Å². The number of aromatic nitrogens is 4. The van der Waals surface area contributed by atoms with Gasteiger partial charge in [-0.15, -0.1) is 0 Å². The van der Waals surface area contributed by atoms with E-state index in [0.717, 1.165) is 34.7 Å². The molecule has 0 unspecified atom stereocenters. The van der Waals surface area contributed by atoms with Crippen LogP contribution in [0.2, 0.25) is 5.02 Å². The van der Waals surface area contributed by atoms with Gasteiger partial charge in [-0.1, -0.05) is 23.4 Å². The van der Waals surface area contributed by atoms with Crippen LogP contribution in [0, 0.1) is 0 Å². The maximum Gasteiger partial charge on any atom is 0.302 e. The highest BCUT2D eigenvalue weighted by atomic mass is 35.5. The average Bonchev–Trinajstić information content (AvgIpc) is 3.23. The van der Waals surface area contributed by atoms with E-state index < -0.39 is 0 Å². The number of halogens is 1. The van der Waals surface area contributed by atoms with Gasteiger partial charge >= 0.3 is 6.01 Å². The van der Waals surface area contributed by atoms with E-state index in [2.05, 4.69) is 15.0 Å². The summed E-state index contributed by atoms with van der Waals surface area (Å²) < 4.78 is 7.87. The van der Waals surface area contributed by atoms with Crippen molar-refractivity contribution in [2.45, 2.75) is 41.2 Å². The van der Waals surface area contributed by atoms with Crippen molar-refractivity contribution in [1.82, 2.24) is 19.4 Å². The first-order valence-corrected chi connectivity index (χ1v) is 9.13. The SMILES string of the molecule is Nc1nccc(Sc2cnc(O[C@@H]3CC[C@H](N)C3)n3ccnc23)c1Cl. The molecule has 25 heavy (non-hydrogen) atoms. The molecule has 0 aliphatic heterocycles. The van der Waals surface area contributed by atoms with E-state index in [1.807, 2.05) is 16.7 Å². The first-order valence-electron chi connectivity index (χ1n) is 7.94. The zero-order valence-electron chi connectivity index (χ0n) is 13.3. The zero-order valence-corrected chi connectivity index (χ0v) is 14.9. The molecule has 1 aliphatic carbocycles. The number of hydrogen-bond acceptors (Lipinski definition) is 7. The first-order chi connectivity index (χ1) is 12.1. The maximum atomic E-state index is 6.23. The van der Waals surface area contributed by atoms with Crippen molar-refractivity contribution in [3.8, 4) is 6.01 Å². The van der Waals surface area contributed by atoms with Gasteiger partial charge in [-0.25, -0.2) is 15.0 Å². The van der Waals surface area contributed by atoms with Crippen molar-refractivity contribution in [2.75, 3.05) is 5.73 Å². The van der Waals surface area contributed by atoms with Gasteiger partial charge in [0, 0.05) is 29.5 Å². The molecule has 0 spiro atoms. The number of hydrogen-bond donors (Lipinski definition) is 2. The lowest BCUT2D eigenvalue weighted by molar-refractivity contribution is 0.187. The summed E-state index contributed by atoms with van der Waals surface area (Å²) >= 11 is 7.68. The fourth-order valence-electron chi connectivity index (χ4n) is 2.90. The third-order valence-corrected chi connectivity index (χ3v) is 5.73. The second-order valence-electron chi connectivity index (χ2n) is 5.95. The molecule has 3 heterocycles. The van der Waals surface area contributed by atoms with Gasteiger partial charge in [-0.2, -0.15) is 0 Å². The first kappa shape index (κ1) is 16.4. The Morgan fingerprint density at radius 3 is 2.88 bits per heavy atom. The smallest absolute Gasteiger partial charge is 0.302 e. The molecule has 3 aromatic rings. The lowest BCUT2D eigenvalue weighted by Crippen LogP contribution is -2.20. The molecule has 130 valence electrons. The minimum Gasteiger partial charge on any atom is -0.461 e. The van der Waals surface area contributed by atoms with Gasteiger partial charge in [0.2, 0.25) is 0 Å². The van der Waals surface area contributed by atoms with Crippen molar-refractivity contribution in [3.05, 3.63) is 35.9 Å². The van der Waals surface area contributed by atoms with Crippen LogP contribution in [-0.2, 0) is 0 Å². The van der Waals surface area contributed by atoms with Gasteiger partial charge in [-0.3, -0.25) is 4.40 Å². The Kier molecular flexibility index (Phi) is 4.41. The van der Waals surface area contributed by atoms with Crippen LogP contribution in [-0.4, -0.2) is 31.5 Å². The van der Waals surface area contributed by atoms with Crippen molar-refractivity contribution >= 4 is 34.8 Å². The average molecular weight is 377 g/mol. The summed E-state index contributed by atoms with van der Waals surface area (Å²) in [5, 5.41) is 0.428.